The van der Waals surface area contributed by atoms with E-state index in [0.717, 1.165) is 0 Å². The summed E-state index contributed by atoms with van der Waals surface area (Å²) in [6.45, 7) is 5.26. The molecule has 0 spiro atoms. The number of cyclic esters (lactones) is 1. The first-order valence-corrected chi connectivity index (χ1v) is 4.06. The van der Waals surface area contributed by atoms with Crippen LogP contribution < -0.4 is 5.32 Å². The zero-order valence-corrected chi connectivity index (χ0v) is 7.28. The van der Waals surface area contributed by atoms with E-state index >= 15 is 0 Å². The first-order valence-electron chi connectivity index (χ1n) is 4.06. The number of rotatable bonds is 4. The number of nitrogens with one attached hydrogen (secondary N) is 1. The van der Waals surface area contributed by atoms with Crippen LogP contribution in [0.1, 0.15) is 0 Å². The summed E-state index contributed by atoms with van der Waals surface area (Å²) in [6.07, 6.45) is 0.885. The van der Waals surface area contributed by atoms with Crippen molar-refractivity contribution in [3.05, 3.63) is 12.7 Å². The lowest BCUT2D eigenvalue weighted by molar-refractivity contribution is -0.116. The molecule has 0 radical (unpaired) electrons. The van der Waals surface area contributed by atoms with Gasteiger partial charge in [-0.1, -0.05) is 6.58 Å². The molecular weight excluding hydrogens is 172 g/mol. The number of ether oxygens (including phenoxy) is 1. The molecule has 2 amide bonds. The highest BCUT2D eigenvalue weighted by Gasteiger charge is 2.20. The summed E-state index contributed by atoms with van der Waals surface area (Å²) >= 11 is 0. The summed E-state index contributed by atoms with van der Waals surface area (Å²) in [6, 6.07) is 0. The summed E-state index contributed by atoms with van der Waals surface area (Å²) in [7, 11) is 0. The zero-order valence-electron chi connectivity index (χ0n) is 7.28. The molecule has 1 aliphatic heterocycles. The van der Waals surface area contributed by atoms with Gasteiger partial charge in [-0.2, -0.15) is 0 Å². The van der Waals surface area contributed by atoms with Gasteiger partial charge < -0.3 is 15.0 Å². The highest BCUT2D eigenvalue weighted by atomic mass is 16.6. The number of amides is 2. The zero-order chi connectivity index (χ0) is 9.68. The first kappa shape index (κ1) is 9.57. The van der Waals surface area contributed by atoms with E-state index in [2.05, 4.69) is 11.9 Å². The van der Waals surface area contributed by atoms with Crippen LogP contribution in [0, 0.1) is 0 Å². The van der Waals surface area contributed by atoms with Crippen LogP contribution in [0.3, 0.4) is 0 Å². The molecule has 1 heterocycles. The van der Waals surface area contributed by atoms with Crippen molar-refractivity contribution >= 4 is 12.0 Å². The lowest BCUT2D eigenvalue weighted by atomic mass is 10.5. The average Bonchev–Trinajstić information content (AvgIpc) is 2.52. The molecule has 0 unspecified atom stereocenters. The molecule has 1 fully saturated rings. The molecule has 1 saturated heterocycles. The molecule has 72 valence electrons. The van der Waals surface area contributed by atoms with E-state index in [0.29, 0.717) is 26.2 Å². The number of carbonyl (C=O) groups excluding carboxylic acids is 2. The van der Waals surface area contributed by atoms with Crippen LogP contribution in [0.4, 0.5) is 4.79 Å². The summed E-state index contributed by atoms with van der Waals surface area (Å²) in [5.41, 5.74) is 0. The lowest BCUT2D eigenvalue weighted by Crippen LogP contribution is -2.34. The molecule has 5 nitrogen and oxygen atoms in total. The molecule has 0 atom stereocenters. The molecule has 1 rings (SSSR count). The molecular formula is C8H12N2O3. The number of hydrogen-bond acceptors (Lipinski definition) is 3. The summed E-state index contributed by atoms with van der Waals surface area (Å²) in [5.74, 6) is -0.229. The smallest absolute Gasteiger partial charge is 0.409 e. The Kier molecular flexibility index (Phi) is 3.31. The van der Waals surface area contributed by atoms with Gasteiger partial charge >= 0.3 is 6.09 Å². The van der Waals surface area contributed by atoms with Gasteiger partial charge in [0.15, 0.2) is 0 Å². The first-order chi connectivity index (χ1) is 6.24. The predicted molar refractivity (Wildman–Crippen MR) is 46.1 cm³/mol. The van der Waals surface area contributed by atoms with Crippen molar-refractivity contribution < 1.29 is 14.3 Å². The summed E-state index contributed by atoms with van der Waals surface area (Å²) in [4.78, 5) is 23.1. The Bertz CT molecular complexity index is 227. The van der Waals surface area contributed by atoms with Crippen LogP contribution in [0.25, 0.3) is 0 Å². The third-order valence-electron chi connectivity index (χ3n) is 1.71. The van der Waals surface area contributed by atoms with E-state index in [-0.39, 0.29) is 12.0 Å². The second-order valence-corrected chi connectivity index (χ2v) is 2.60. The Morgan fingerprint density at radius 2 is 2.54 bits per heavy atom. The SMILES string of the molecule is C=CC(=O)NCCN1CCOC1=O. The standard InChI is InChI=1S/C8H12N2O3/c1-2-7(11)9-3-4-10-5-6-13-8(10)12/h2H,1,3-6H2,(H,9,11). The molecule has 0 aromatic heterocycles. The van der Waals surface area contributed by atoms with Crippen LogP contribution in [-0.2, 0) is 9.53 Å². The van der Waals surface area contributed by atoms with Gasteiger partial charge in [0.2, 0.25) is 5.91 Å². The molecule has 0 aromatic carbocycles. The van der Waals surface area contributed by atoms with E-state index < -0.39 is 0 Å². The minimum atomic E-state index is -0.312. The molecule has 0 aliphatic carbocycles. The van der Waals surface area contributed by atoms with E-state index in [1.54, 1.807) is 4.90 Å². The Hall–Kier alpha value is -1.52. The van der Waals surface area contributed by atoms with Crippen molar-refractivity contribution in [2.45, 2.75) is 0 Å². The molecule has 0 aromatic rings. The molecule has 0 saturated carbocycles. The average molecular weight is 184 g/mol. The van der Waals surface area contributed by atoms with E-state index in [1.165, 1.54) is 6.08 Å². The predicted octanol–water partition coefficient (Wildman–Crippen LogP) is -0.259. The van der Waals surface area contributed by atoms with Crippen molar-refractivity contribution in [3.8, 4) is 0 Å². The van der Waals surface area contributed by atoms with Gasteiger partial charge in [-0.25, -0.2) is 4.79 Å². The second-order valence-electron chi connectivity index (χ2n) is 2.60. The fourth-order valence-corrected chi connectivity index (χ4v) is 1.02. The van der Waals surface area contributed by atoms with Gasteiger partial charge in [-0.15, -0.1) is 0 Å². The van der Waals surface area contributed by atoms with Crippen molar-refractivity contribution in [1.82, 2.24) is 10.2 Å². The van der Waals surface area contributed by atoms with Gasteiger partial charge in [0, 0.05) is 13.1 Å². The van der Waals surface area contributed by atoms with Crippen molar-refractivity contribution in [2.24, 2.45) is 0 Å². The van der Waals surface area contributed by atoms with Crippen LogP contribution in [0.15, 0.2) is 12.7 Å². The molecule has 1 aliphatic rings. The van der Waals surface area contributed by atoms with Gasteiger partial charge in [-0.05, 0) is 6.08 Å². The topological polar surface area (TPSA) is 58.6 Å². The van der Waals surface area contributed by atoms with Gasteiger partial charge in [0.1, 0.15) is 6.61 Å². The second kappa shape index (κ2) is 4.49. The normalized spacial score (nSPS) is 15.4. The van der Waals surface area contributed by atoms with E-state index in [1.807, 2.05) is 0 Å². The fraction of sp³-hybridized carbons (Fsp3) is 0.500. The molecule has 1 N–H and O–H groups in total. The van der Waals surface area contributed by atoms with Gasteiger partial charge in [-0.3, -0.25) is 4.79 Å². The number of hydrogen-bond donors (Lipinski definition) is 1. The van der Waals surface area contributed by atoms with Crippen molar-refractivity contribution in [2.75, 3.05) is 26.2 Å². The van der Waals surface area contributed by atoms with Gasteiger partial charge in [0.25, 0.3) is 0 Å². The maximum Gasteiger partial charge on any atom is 0.409 e. The monoisotopic (exact) mass is 184 g/mol. The van der Waals surface area contributed by atoms with Crippen LogP contribution in [-0.4, -0.2) is 43.1 Å². The highest BCUT2D eigenvalue weighted by molar-refractivity contribution is 5.86. The third kappa shape index (κ3) is 2.77. The molecule has 0 bridgehead atoms. The van der Waals surface area contributed by atoms with E-state index in [4.69, 9.17) is 4.74 Å². The van der Waals surface area contributed by atoms with Crippen LogP contribution in [0.5, 0.6) is 0 Å². The number of carbonyl (C=O) groups is 2. The Labute approximate surface area is 76.3 Å². The number of nitrogens with zero attached hydrogens (tertiary/aromatic N) is 1. The summed E-state index contributed by atoms with van der Waals surface area (Å²) < 4.78 is 4.70. The Morgan fingerprint density at radius 1 is 1.77 bits per heavy atom. The summed E-state index contributed by atoms with van der Waals surface area (Å²) in [5, 5.41) is 2.57. The minimum Gasteiger partial charge on any atom is -0.448 e. The molecule has 5 heteroatoms. The van der Waals surface area contributed by atoms with Crippen LogP contribution >= 0.6 is 0 Å². The van der Waals surface area contributed by atoms with Crippen molar-refractivity contribution in [3.63, 3.8) is 0 Å². The third-order valence-corrected chi connectivity index (χ3v) is 1.71. The maximum absolute atomic E-state index is 10.9. The largest absolute Gasteiger partial charge is 0.448 e. The Morgan fingerprint density at radius 3 is 3.08 bits per heavy atom. The maximum atomic E-state index is 10.9. The molecule has 13 heavy (non-hydrogen) atoms. The minimum absolute atomic E-state index is 0.229. The quantitative estimate of drug-likeness (QED) is 0.612. The van der Waals surface area contributed by atoms with E-state index in [9.17, 15) is 9.59 Å². The lowest BCUT2D eigenvalue weighted by Gasteiger charge is -2.11. The Balaban J connectivity index is 2.15. The van der Waals surface area contributed by atoms with Crippen molar-refractivity contribution in [1.29, 1.82) is 0 Å². The van der Waals surface area contributed by atoms with Crippen LogP contribution in [0.2, 0.25) is 0 Å². The fourth-order valence-electron chi connectivity index (χ4n) is 1.02. The highest BCUT2D eigenvalue weighted by Crippen LogP contribution is 2.00. The van der Waals surface area contributed by atoms with Gasteiger partial charge in [0.05, 0.1) is 6.54 Å².